The van der Waals surface area contributed by atoms with Gasteiger partial charge in [-0.3, -0.25) is 0 Å². The second-order valence-electron chi connectivity index (χ2n) is 4.77. The molecule has 0 fully saturated rings. The molecule has 3 nitrogen and oxygen atoms in total. The van der Waals surface area contributed by atoms with Gasteiger partial charge in [0.2, 0.25) is 0 Å². The van der Waals surface area contributed by atoms with Gasteiger partial charge >= 0.3 is 0 Å². The SMILES string of the molecule is CCCCCCCCCOc1ccc(N)cc1N. The Balaban J connectivity index is 2.07. The molecule has 0 aliphatic carbocycles. The summed E-state index contributed by atoms with van der Waals surface area (Å²) in [6, 6.07) is 5.39. The molecule has 0 aliphatic heterocycles. The molecule has 0 spiro atoms. The van der Waals surface area contributed by atoms with Crippen molar-refractivity contribution in [1.82, 2.24) is 0 Å². The summed E-state index contributed by atoms with van der Waals surface area (Å²) in [6.45, 7) is 2.98. The normalized spacial score (nSPS) is 10.5. The van der Waals surface area contributed by atoms with Crippen LogP contribution >= 0.6 is 0 Å². The summed E-state index contributed by atoms with van der Waals surface area (Å²) >= 11 is 0. The number of benzene rings is 1. The summed E-state index contributed by atoms with van der Waals surface area (Å²) in [7, 11) is 0. The molecule has 18 heavy (non-hydrogen) atoms. The first kappa shape index (κ1) is 14.7. The van der Waals surface area contributed by atoms with Gasteiger partial charge in [0.15, 0.2) is 0 Å². The Kier molecular flexibility index (Phi) is 7.07. The Morgan fingerprint density at radius 2 is 1.61 bits per heavy atom. The highest BCUT2D eigenvalue weighted by Crippen LogP contribution is 2.23. The van der Waals surface area contributed by atoms with Crippen molar-refractivity contribution >= 4 is 11.4 Å². The Labute approximate surface area is 111 Å². The van der Waals surface area contributed by atoms with Gasteiger partial charge in [-0.25, -0.2) is 0 Å². The van der Waals surface area contributed by atoms with Crippen LogP contribution in [0.4, 0.5) is 11.4 Å². The zero-order chi connectivity index (χ0) is 13.2. The molecule has 1 aromatic carbocycles. The standard InChI is InChI=1S/C15H26N2O/c1-2-3-4-5-6-7-8-11-18-15-10-9-13(16)12-14(15)17/h9-10,12H,2-8,11,16-17H2,1H3. The summed E-state index contributed by atoms with van der Waals surface area (Å²) in [5, 5.41) is 0. The first-order valence-corrected chi connectivity index (χ1v) is 7.02. The molecule has 0 atom stereocenters. The van der Waals surface area contributed by atoms with Crippen LogP contribution in [0.5, 0.6) is 5.75 Å². The van der Waals surface area contributed by atoms with Crippen molar-refractivity contribution in [3.05, 3.63) is 18.2 Å². The van der Waals surface area contributed by atoms with Crippen molar-refractivity contribution < 1.29 is 4.74 Å². The van der Waals surface area contributed by atoms with E-state index in [0.717, 1.165) is 18.8 Å². The fourth-order valence-corrected chi connectivity index (χ4v) is 1.94. The topological polar surface area (TPSA) is 61.3 Å². The van der Waals surface area contributed by atoms with Gasteiger partial charge in [0.25, 0.3) is 0 Å². The second-order valence-corrected chi connectivity index (χ2v) is 4.77. The lowest BCUT2D eigenvalue weighted by molar-refractivity contribution is 0.306. The van der Waals surface area contributed by atoms with Crippen LogP contribution in [0.2, 0.25) is 0 Å². The van der Waals surface area contributed by atoms with Crippen LogP contribution in [0.3, 0.4) is 0 Å². The van der Waals surface area contributed by atoms with E-state index in [4.69, 9.17) is 16.2 Å². The molecule has 102 valence electrons. The maximum Gasteiger partial charge on any atom is 0.142 e. The molecule has 0 unspecified atom stereocenters. The minimum Gasteiger partial charge on any atom is -0.491 e. The number of nitrogens with two attached hydrogens (primary N) is 2. The van der Waals surface area contributed by atoms with Gasteiger partial charge in [-0.1, -0.05) is 45.4 Å². The second kappa shape index (κ2) is 8.67. The van der Waals surface area contributed by atoms with Crippen molar-refractivity contribution in [2.75, 3.05) is 18.1 Å². The molecule has 0 saturated carbocycles. The summed E-state index contributed by atoms with van der Waals surface area (Å²) in [5.74, 6) is 0.746. The van der Waals surface area contributed by atoms with E-state index in [1.54, 1.807) is 6.07 Å². The predicted molar refractivity (Wildman–Crippen MR) is 78.8 cm³/mol. The largest absolute Gasteiger partial charge is 0.491 e. The Morgan fingerprint density at radius 1 is 0.944 bits per heavy atom. The van der Waals surface area contributed by atoms with E-state index in [-0.39, 0.29) is 0 Å². The fraction of sp³-hybridized carbons (Fsp3) is 0.600. The van der Waals surface area contributed by atoms with Crippen molar-refractivity contribution in [1.29, 1.82) is 0 Å². The predicted octanol–water partition coefficient (Wildman–Crippen LogP) is 3.98. The van der Waals surface area contributed by atoms with Crippen LogP contribution in [0.25, 0.3) is 0 Å². The van der Waals surface area contributed by atoms with E-state index in [9.17, 15) is 0 Å². The van der Waals surface area contributed by atoms with Gasteiger partial charge in [0.05, 0.1) is 12.3 Å². The van der Waals surface area contributed by atoms with Crippen LogP contribution in [-0.2, 0) is 0 Å². The van der Waals surface area contributed by atoms with Gasteiger partial charge in [0, 0.05) is 5.69 Å². The summed E-state index contributed by atoms with van der Waals surface area (Å²) < 4.78 is 5.64. The third-order valence-corrected chi connectivity index (χ3v) is 3.04. The zero-order valence-electron chi connectivity index (χ0n) is 11.5. The number of rotatable bonds is 9. The van der Waals surface area contributed by atoms with Crippen LogP contribution < -0.4 is 16.2 Å². The minimum absolute atomic E-state index is 0.623. The molecule has 4 N–H and O–H groups in total. The summed E-state index contributed by atoms with van der Waals surface area (Å²) in [6.07, 6.45) is 9.01. The molecule has 1 aromatic rings. The zero-order valence-corrected chi connectivity index (χ0v) is 11.5. The number of nitrogen functional groups attached to an aromatic ring is 2. The lowest BCUT2D eigenvalue weighted by atomic mass is 10.1. The van der Waals surface area contributed by atoms with Gasteiger partial charge in [-0.2, -0.15) is 0 Å². The number of anilines is 2. The molecular formula is C15H26N2O. The molecule has 1 rings (SSSR count). The van der Waals surface area contributed by atoms with Crippen molar-refractivity contribution in [2.24, 2.45) is 0 Å². The van der Waals surface area contributed by atoms with Crippen LogP contribution in [0.1, 0.15) is 51.9 Å². The average molecular weight is 250 g/mol. The lowest BCUT2D eigenvalue weighted by Gasteiger charge is -2.09. The van der Waals surface area contributed by atoms with Crippen LogP contribution in [-0.4, -0.2) is 6.61 Å². The highest BCUT2D eigenvalue weighted by molar-refractivity contribution is 5.60. The van der Waals surface area contributed by atoms with E-state index in [2.05, 4.69) is 6.92 Å². The summed E-state index contributed by atoms with van der Waals surface area (Å²) in [4.78, 5) is 0. The van der Waals surface area contributed by atoms with Crippen molar-refractivity contribution in [2.45, 2.75) is 51.9 Å². The molecule has 0 radical (unpaired) electrons. The van der Waals surface area contributed by atoms with Crippen LogP contribution in [0.15, 0.2) is 18.2 Å². The third-order valence-electron chi connectivity index (χ3n) is 3.04. The van der Waals surface area contributed by atoms with Crippen molar-refractivity contribution in [3.63, 3.8) is 0 Å². The van der Waals surface area contributed by atoms with Gasteiger partial charge < -0.3 is 16.2 Å². The van der Waals surface area contributed by atoms with E-state index in [1.165, 1.54) is 38.5 Å². The third kappa shape index (κ3) is 5.80. The molecule has 0 saturated heterocycles. The first-order valence-electron chi connectivity index (χ1n) is 7.02. The highest BCUT2D eigenvalue weighted by Gasteiger charge is 2.00. The minimum atomic E-state index is 0.623. The lowest BCUT2D eigenvalue weighted by Crippen LogP contribution is -2.01. The van der Waals surface area contributed by atoms with E-state index in [1.807, 2.05) is 12.1 Å². The number of hydrogen-bond acceptors (Lipinski definition) is 3. The Morgan fingerprint density at radius 3 is 2.28 bits per heavy atom. The molecule has 0 bridgehead atoms. The quantitative estimate of drug-likeness (QED) is 0.514. The van der Waals surface area contributed by atoms with E-state index < -0.39 is 0 Å². The van der Waals surface area contributed by atoms with Crippen molar-refractivity contribution in [3.8, 4) is 5.75 Å². The Hall–Kier alpha value is -1.38. The molecule has 0 aromatic heterocycles. The molecule has 0 aliphatic rings. The van der Waals surface area contributed by atoms with Gasteiger partial charge in [0.1, 0.15) is 5.75 Å². The number of unbranched alkanes of at least 4 members (excludes halogenated alkanes) is 6. The van der Waals surface area contributed by atoms with E-state index in [0.29, 0.717) is 11.4 Å². The van der Waals surface area contributed by atoms with Gasteiger partial charge in [-0.15, -0.1) is 0 Å². The van der Waals surface area contributed by atoms with Gasteiger partial charge in [-0.05, 0) is 24.6 Å². The maximum absolute atomic E-state index is 5.81. The Bertz CT molecular complexity index is 339. The summed E-state index contributed by atoms with van der Waals surface area (Å²) in [5.41, 5.74) is 12.7. The monoisotopic (exact) mass is 250 g/mol. The molecular weight excluding hydrogens is 224 g/mol. The smallest absolute Gasteiger partial charge is 0.142 e. The molecule has 0 heterocycles. The fourth-order valence-electron chi connectivity index (χ4n) is 1.94. The maximum atomic E-state index is 5.81. The van der Waals surface area contributed by atoms with Crippen LogP contribution in [0, 0.1) is 0 Å². The molecule has 0 amide bonds. The molecule has 3 heteroatoms. The first-order chi connectivity index (χ1) is 8.74. The van der Waals surface area contributed by atoms with E-state index >= 15 is 0 Å². The highest BCUT2D eigenvalue weighted by atomic mass is 16.5. The number of hydrogen-bond donors (Lipinski definition) is 2. The average Bonchev–Trinajstić information content (AvgIpc) is 2.35. The number of ether oxygens (including phenoxy) is 1.